The molecule has 18 heavy (non-hydrogen) atoms. The van der Waals surface area contributed by atoms with Gasteiger partial charge in [-0.15, -0.1) is 0 Å². The number of aliphatic carboxylic acids is 1. The van der Waals surface area contributed by atoms with Crippen molar-refractivity contribution in [3.63, 3.8) is 0 Å². The topological polar surface area (TPSA) is 64.3 Å². The summed E-state index contributed by atoms with van der Waals surface area (Å²) < 4.78 is 0. The lowest BCUT2D eigenvalue weighted by atomic mass is 10.1. The molecule has 0 bridgehead atoms. The van der Waals surface area contributed by atoms with Gasteiger partial charge in [0.2, 0.25) is 0 Å². The van der Waals surface area contributed by atoms with E-state index in [2.05, 4.69) is 6.07 Å². The van der Waals surface area contributed by atoms with Crippen LogP contribution in [0.5, 0.6) is 0 Å². The molecule has 0 saturated heterocycles. The molecule has 1 aromatic carbocycles. The molecular weight excluding hydrogens is 228 g/mol. The van der Waals surface area contributed by atoms with Gasteiger partial charge in [-0.05, 0) is 30.5 Å². The summed E-state index contributed by atoms with van der Waals surface area (Å²) in [4.78, 5) is 12.6. The van der Waals surface area contributed by atoms with E-state index >= 15 is 0 Å². The number of nitriles is 1. The van der Waals surface area contributed by atoms with Crippen LogP contribution in [0.25, 0.3) is 0 Å². The van der Waals surface area contributed by atoms with Crippen LogP contribution in [0.1, 0.15) is 25.0 Å². The minimum atomic E-state index is -0.889. The van der Waals surface area contributed by atoms with E-state index in [-0.39, 0.29) is 6.54 Å². The Labute approximate surface area is 107 Å². The quantitative estimate of drug-likeness (QED) is 0.866. The second kappa shape index (κ2) is 6.06. The minimum Gasteiger partial charge on any atom is -0.480 e. The lowest BCUT2D eigenvalue weighted by Gasteiger charge is -2.25. The highest BCUT2D eigenvalue weighted by atomic mass is 16.4. The predicted molar refractivity (Wildman–Crippen MR) is 70.6 cm³/mol. The third kappa shape index (κ3) is 3.77. The summed E-state index contributed by atoms with van der Waals surface area (Å²) in [5, 5.41) is 18.1. The van der Waals surface area contributed by atoms with Crippen LogP contribution >= 0.6 is 0 Å². The SMILES string of the molecule is Cc1ccc(N(CC(=O)O)CC(C)C)c(C#N)c1. The molecular formula is C14H18N2O2. The number of hydrogen-bond donors (Lipinski definition) is 1. The number of hydrogen-bond acceptors (Lipinski definition) is 3. The van der Waals surface area contributed by atoms with Gasteiger partial charge in [0.1, 0.15) is 12.6 Å². The average molecular weight is 246 g/mol. The zero-order chi connectivity index (χ0) is 13.7. The number of anilines is 1. The van der Waals surface area contributed by atoms with E-state index in [1.807, 2.05) is 32.9 Å². The second-order valence-corrected chi connectivity index (χ2v) is 4.80. The van der Waals surface area contributed by atoms with Crippen molar-refractivity contribution in [2.24, 2.45) is 5.92 Å². The third-order valence-corrected chi connectivity index (χ3v) is 2.52. The fourth-order valence-electron chi connectivity index (χ4n) is 1.87. The van der Waals surface area contributed by atoms with Crippen molar-refractivity contribution in [3.05, 3.63) is 29.3 Å². The highest BCUT2D eigenvalue weighted by Gasteiger charge is 2.15. The first-order valence-electron chi connectivity index (χ1n) is 5.91. The molecule has 0 unspecified atom stereocenters. The number of nitrogens with zero attached hydrogens (tertiary/aromatic N) is 2. The van der Waals surface area contributed by atoms with Gasteiger partial charge in [-0.3, -0.25) is 4.79 Å². The lowest BCUT2D eigenvalue weighted by Crippen LogP contribution is -2.33. The van der Waals surface area contributed by atoms with Gasteiger partial charge in [0.25, 0.3) is 0 Å². The zero-order valence-corrected chi connectivity index (χ0v) is 11.0. The highest BCUT2D eigenvalue weighted by molar-refractivity contribution is 5.75. The van der Waals surface area contributed by atoms with Crippen molar-refractivity contribution in [1.29, 1.82) is 5.26 Å². The molecule has 0 saturated carbocycles. The normalized spacial score (nSPS) is 10.2. The molecule has 0 aliphatic carbocycles. The van der Waals surface area contributed by atoms with Crippen LogP contribution in [0.2, 0.25) is 0 Å². The molecule has 1 N–H and O–H groups in total. The Bertz CT molecular complexity index is 475. The van der Waals surface area contributed by atoms with Gasteiger partial charge >= 0.3 is 5.97 Å². The van der Waals surface area contributed by atoms with Crippen LogP contribution in [0.15, 0.2) is 18.2 Å². The molecule has 0 amide bonds. The van der Waals surface area contributed by atoms with Crippen LogP contribution in [0.4, 0.5) is 5.69 Å². The predicted octanol–water partition coefficient (Wildman–Crippen LogP) is 2.41. The Morgan fingerprint density at radius 2 is 2.17 bits per heavy atom. The van der Waals surface area contributed by atoms with E-state index in [4.69, 9.17) is 10.4 Å². The Balaban J connectivity index is 3.12. The number of carbonyl (C=O) groups is 1. The van der Waals surface area contributed by atoms with Gasteiger partial charge in [0, 0.05) is 6.54 Å². The van der Waals surface area contributed by atoms with Gasteiger partial charge in [-0.1, -0.05) is 19.9 Å². The van der Waals surface area contributed by atoms with Crippen LogP contribution in [0, 0.1) is 24.2 Å². The molecule has 0 aliphatic heterocycles. The van der Waals surface area contributed by atoms with E-state index < -0.39 is 5.97 Å². The van der Waals surface area contributed by atoms with Gasteiger partial charge in [0.05, 0.1) is 11.3 Å². The third-order valence-electron chi connectivity index (χ3n) is 2.52. The Morgan fingerprint density at radius 3 is 2.67 bits per heavy atom. The number of carboxylic acids is 1. The fourth-order valence-corrected chi connectivity index (χ4v) is 1.87. The summed E-state index contributed by atoms with van der Waals surface area (Å²) in [7, 11) is 0. The fraction of sp³-hybridized carbons (Fsp3) is 0.429. The van der Waals surface area contributed by atoms with E-state index in [0.29, 0.717) is 23.7 Å². The Kier molecular flexibility index (Phi) is 4.73. The zero-order valence-electron chi connectivity index (χ0n) is 11.0. The van der Waals surface area contributed by atoms with E-state index in [1.165, 1.54) is 0 Å². The summed E-state index contributed by atoms with van der Waals surface area (Å²) >= 11 is 0. The van der Waals surface area contributed by atoms with Crippen molar-refractivity contribution in [2.45, 2.75) is 20.8 Å². The molecule has 0 radical (unpaired) electrons. The molecule has 4 nitrogen and oxygen atoms in total. The summed E-state index contributed by atoms with van der Waals surface area (Å²) in [6.07, 6.45) is 0. The van der Waals surface area contributed by atoms with Crippen molar-refractivity contribution in [1.82, 2.24) is 0 Å². The Morgan fingerprint density at radius 1 is 1.50 bits per heavy atom. The average Bonchev–Trinajstić information content (AvgIpc) is 2.26. The molecule has 0 aliphatic rings. The van der Waals surface area contributed by atoms with Crippen LogP contribution in [-0.4, -0.2) is 24.2 Å². The van der Waals surface area contributed by atoms with Crippen molar-refractivity contribution < 1.29 is 9.90 Å². The first-order valence-corrected chi connectivity index (χ1v) is 5.91. The largest absolute Gasteiger partial charge is 0.480 e. The number of rotatable bonds is 5. The molecule has 4 heteroatoms. The van der Waals surface area contributed by atoms with E-state index in [1.54, 1.807) is 11.0 Å². The van der Waals surface area contributed by atoms with Crippen LogP contribution < -0.4 is 4.90 Å². The molecule has 0 atom stereocenters. The molecule has 0 aromatic heterocycles. The number of aryl methyl sites for hydroxylation is 1. The summed E-state index contributed by atoms with van der Waals surface area (Å²) in [5.74, 6) is -0.558. The number of benzene rings is 1. The summed E-state index contributed by atoms with van der Waals surface area (Å²) in [6, 6.07) is 7.62. The lowest BCUT2D eigenvalue weighted by molar-refractivity contribution is -0.135. The van der Waals surface area contributed by atoms with Crippen LogP contribution in [0.3, 0.4) is 0 Å². The minimum absolute atomic E-state index is 0.0874. The molecule has 1 rings (SSSR count). The highest BCUT2D eigenvalue weighted by Crippen LogP contribution is 2.22. The van der Waals surface area contributed by atoms with Crippen LogP contribution in [-0.2, 0) is 4.79 Å². The van der Waals surface area contributed by atoms with Crippen molar-refractivity contribution in [2.75, 3.05) is 18.0 Å². The second-order valence-electron chi connectivity index (χ2n) is 4.80. The standard InChI is InChI=1S/C14H18N2O2/c1-10(2)8-16(9-14(17)18)13-5-4-11(3)6-12(13)7-15/h4-6,10H,8-9H2,1-3H3,(H,17,18). The molecule has 0 heterocycles. The molecule has 96 valence electrons. The maximum absolute atomic E-state index is 10.9. The van der Waals surface area contributed by atoms with E-state index in [0.717, 1.165) is 5.56 Å². The Hall–Kier alpha value is -2.02. The monoisotopic (exact) mass is 246 g/mol. The van der Waals surface area contributed by atoms with Crippen molar-refractivity contribution >= 4 is 11.7 Å². The maximum atomic E-state index is 10.9. The molecule has 0 spiro atoms. The number of carboxylic acid groups (broad SMARTS) is 1. The first kappa shape index (κ1) is 14.0. The van der Waals surface area contributed by atoms with Gasteiger partial charge in [0.15, 0.2) is 0 Å². The van der Waals surface area contributed by atoms with Crippen molar-refractivity contribution in [3.8, 4) is 6.07 Å². The van der Waals surface area contributed by atoms with Gasteiger partial charge < -0.3 is 10.0 Å². The molecule has 1 aromatic rings. The first-order chi connectivity index (χ1) is 8.43. The summed E-state index contributed by atoms with van der Waals surface area (Å²) in [5.41, 5.74) is 2.21. The van der Waals surface area contributed by atoms with Gasteiger partial charge in [-0.25, -0.2) is 0 Å². The summed E-state index contributed by atoms with van der Waals surface area (Å²) in [6.45, 7) is 6.48. The maximum Gasteiger partial charge on any atom is 0.323 e. The van der Waals surface area contributed by atoms with Gasteiger partial charge in [-0.2, -0.15) is 5.26 Å². The van der Waals surface area contributed by atoms with E-state index in [9.17, 15) is 4.79 Å². The smallest absolute Gasteiger partial charge is 0.323 e. The molecule has 0 fully saturated rings.